The summed E-state index contributed by atoms with van der Waals surface area (Å²) in [6, 6.07) is 38.3. The lowest BCUT2D eigenvalue weighted by Crippen LogP contribution is -2.03. The molecule has 0 amide bonds. The third-order valence-corrected chi connectivity index (χ3v) is 7.88. The van der Waals surface area contributed by atoms with E-state index < -0.39 is 0 Å². The Bertz CT molecular complexity index is 1680. The molecule has 0 N–H and O–H groups in total. The Morgan fingerprint density at radius 3 is 2.17 bits per heavy atom. The number of fused-ring (bicyclic) bond motifs is 2. The summed E-state index contributed by atoms with van der Waals surface area (Å²) in [4.78, 5) is 4.97. The molecule has 1 aromatic heterocycles. The van der Waals surface area contributed by atoms with Crippen LogP contribution in [-0.2, 0) is 24.8 Å². The van der Waals surface area contributed by atoms with Crippen molar-refractivity contribution in [3.8, 4) is 0 Å². The van der Waals surface area contributed by atoms with Gasteiger partial charge in [-0.3, -0.25) is 0 Å². The van der Waals surface area contributed by atoms with Gasteiger partial charge in [-0.25, -0.2) is 4.99 Å². The lowest BCUT2D eigenvalue weighted by atomic mass is 9.90. The number of aryl methyl sites for hydroxylation is 1. The van der Waals surface area contributed by atoms with E-state index in [2.05, 4.69) is 122 Å². The second-order valence-corrected chi connectivity index (χ2v) is 10.5. The van der Waals surface area contributed by atoms with Crippen LogP contribution >= 0.6 is 0 Å². The highest BCUT2D eigenvalue weighted by atomic mass is 16.5. The normalized spacial score (nSPS) is 14.9. The van der Waals surface area contributed by atoms with E-state index in [0.717, 1.165) is 34.4 Å². The molecule has 1 aliphatic heterocycles. The van der Waals surface area contributed by atoms with Gasteiger partial charge in [0.15, 0.2) is 0 Å². The molecule has 1 aliphatic rings. The van der Waals surface area contributed by atoms with Crippen molar-refractivity contribution in [2.75, 3.05) is 0 Å². The van der Waals surface area contributed by atoms with E-state index in [1.807, 2.05) is 6.07 Å². The number of hydrogen-bond acceptors (Lipinski definition) is 2. The standard InChI is InChI=1S/C37H36N2O/c1-3-4-5-12-25-33-35(31-23-15-16-24-32(31)39(33)2)34(28-19-10-7-11-20-28)36-29-21-13-14-22-30(29)37(40-36)38-26-27-17-8-6-9-18-27/h6-11,13-24H,3-5,12,25-26H2,1-2H3/b36-34+,38-37?. The van der Waals surface area contributed by atoms with Gasteiger partial charge >= 0.3 is 0 Å². The van der Waals surface area contributed by atoms with Crippen LogP contribution < -0.4 is 0 Å². The zero-order chi connectivity index (χ0) is 27.3. The van der Waals surface area contributed by atoms with Gasteiger partial charge < -0.3 is 9.30 Å². The zero-order valence-corrected chi connectivity index (χ0v) is 23.4. The first-order valence-corrected chi connectivity index (χ1v) is 14.5. The fraction of sp³-hybridized carbons (Fsp3) is 0.216. The van der Waals surface area contributed by atoms with Crippen LogP contribution in [0.25, 0.3) is 22.2 Å². The Morgan fingerprint density at radius 1 is 0.725 bits per heavy atom. The molecule has 5 aromatic rings. The fourth-order valence-corrected chi connectivity index (χ4v) is 5.85. The molecule has 40 heavy (non-hydrogen) atoms. The summed E-state index contributed by atoms with van der Waals surface area (Å²) in [7, 11) is 2.21. The first kappa shape index (κ1) is 25.9. The van der Waals surface area contributed by atoms with Crippen molar-refractivity contribution >= 4 is 28.1 Å². The average Bonchev–Trinajstić information content (AvgIpc) is 3.51. The highest BCUT2D eigenvalue weighted by Crippen LogP contribution is 2.43. The Kier molecular flexibility index (Phi) is 7.63. The predicted molar refractivity (Wildman–Crippen MR) is 167 cm³/mol. The topological polar surface area (TPSA) is 26.5 Å². The zero-order valence-electron chi connectivity index (χ0n) is 23.4. The van der Waals surface area contributed by atoms with E-state index >= 15 is 0 Å². The van der Waals surface area contributed by atoms with E-state index in [1.54, 1.807) is 0 Å². The molecular weight excluding hydrogens is 488 g/mol. The van der Waals surface area contributed by atoms with Crippen LogP contribution in [0.15, 0.2) is 114 Å². The second kappa shape index (κ2) is 11.8. The molecule has 0 saturated carbocycles. The van der Waals surface area contributed by atoms with Crippen molar-refractivity contribution in [2.45, 2.75) is 45.6 Å². The minimum Gasteiger partial charge on any atom is -0.437 e. The molecule has 6 rings (SSSR count). The first-order valence-electron chi connectivity index (χ1n) is 14.5. The van der Waals surface area contributed by atoms with Gasteiger partial charge in [0.2, 0.25) is 5.90 Å². The van der Waals surface area contributed by atoms with Crippen LogP contribution in [0.5, 0.6) is 0 Å². The monoisotopic (exact) mass is 524 g/mol. The summed E-state index contributed by atoms with van der Waals surface area (Å²) < 4.78 is 9.20. The summed E-state index contributed by atoms with van der Waals surface area (Å²) in [5.41, 5.74) is 9.49. The molecule has 0 saturated heterocycles. The maximum absolute atomic E-state index is 6.80. The van der Waals surface area contributed by atoms with E-state index in [9.17, 15) is 0 Å². The molecule has 200 valence electrons. The van der Waals surface area contributed by atoms with Crippen molar-refractivity contribution in [3.63, 3.8) is 0 Å². The van der Waals surface area contributed by atoms with Crippen molar-refractivity contribution in [1.29, 1.82) is 0 Å². The minimum absolute atomic E-state index is 0.579. The first-order chi connectivity index (χ1) is 19.8. The Morgan fingerprint density at radius 2 is 1.40 bits per heavy atom. The van der Waals surface area contributed by atoms with Gasteiger partial charge in [-0.1, -0.05) is 123 Å². The number of nitrogens with zero attached hydrogens (tertiary/aromatic N) is 2. The quantitative estimate of drug-likeness (QED) is 0.177. The predicted octanol–water partition coefficient (Wildman–Crippen LogP) is 9.19. The van der Waals surface area contributed by atoms with E-state index in [4.69, 9.17) is 9.73 Å². The van der Waals surface area contributed by atoms with Gasteiger partial charge in [-0.2, -0.15) is 0 Å². The smallest absolute Gasteiger partial charge is 0.223 e. The number of ether oxygens (including phenoxy) is 1. The van der Waals surface area contributed by atoms with Gasteiger partial charge in [0.1, 0.15) is 5.76 Å². The van der Waals surface area contributed by atoms with Gasteiger partial charge in [0.25, 0.3) is 0 Å². The Balaban J connectivity index is 1.57. The molecule has 0 unspecified atom stereocenters. The Labute approximate surface area is 237 Å². The second-order valence-electron chi connectivity index (χ2n) is 10.5. The van der Waals surface area contributed by atoms with Crippen LogP contribution in [0.4, 0.5) is 0 Å². The van der Waals surface area contributed by atoms with Crippen molar-refractivity contribution in [2.24, 2.45) is 12.0 Å². The van der Waals surface area contributed by atoms with E-state index in [1.165, 1.54) is 53.4 Å². The highest BCUT2D eigenvalue weighted by molar-refractivity contribution is 6.15. The summed E-state index contributed by atoms with van der Waals surface area (Å²) in [5.74, 6) is 1.58. The number of unbranched alkanes of at least 4 members (excludes halogenated alkanes) is 3. The van der Waals surface area contributed by atoms with Crippen LogP contribution in [0.1, 0.15) is 66.1 Å². The largest absolute Gasteiger partial charge is 0.437 e. The van der Waals surface area contributed by atoms with Gasteiger partial charge in [0, 0.05) is 45.9 Å². The maximum atomic E-state index is 6.80. The van der Waals surface area contributed by atoms with Crippen LogP contribution in [0.3, 0.4) is 0 Å². The summed E-state index contributed by atoms with van der Waals surface area (Å²) in [6.45, 7) is 2.85. The van der Waals surface area contributed by atoms with Crippen LogP contribution in [0, 0.1) is 0 Å². The van der Waals surface area contributed by atoms with Crippen LogP contribution in [-0.4, -0.2) is 10.5 Å². The van der Waals surface area contributed by atoms with E-state index in [-0.39, 0.29) is 0 Å². The van der Waals surface area contributed by atoms with Crippen molar-refractivity contribution < 1.29 is 4.74 Å². The summed E-state index contributed by atoms with van der Waals surface area (Å²) >= 11 is 0. The number of hydrogen-bond donors (Lipinski definition) is 0. The molecule has 4 aromatic carbocycles. The van der Waals surface area contributed by atoms with Gasteiger partial charge in [-0.05, 0) is 36.1 Å². The lowest BCUT2D eigenvalue weighted by molar-refractivity contribution is 0.523. The average molecular weight is 525 g/mol. The van der Waals surface area contributed by atoms with Crippen LogP contribution in [0.2, 0.25) is 0 Å². The van der Waals surface area contributed by atoms with Gasteiger partial charge in [-0.15, -0.1) is 0 Å². The summed E-state index contributed by atoms with van der Waals surface area (Å²) in [5, 5.41) is 1.26. The van der Waals surface area contributed by atoms with Gasteiger partial charge in [0.05, 0.1) is 6.54 Å². The third kappa shape index (κ3) is 5.00. The SMILES string of the molecule is CCCCCCc1c(/C(=C2/OC(=NCc3ccccc3)c3ccccc32)c2ccccc2)c2ccccc2n1C. The molecule has 0 bridgehead atoms. The molecule has 3 heteroatoms. The van der Waals surface area contributed by atoms with Crippen molar-refractivity contribution in [1.82, 2.24) is 4.57 Å². The number of aromatic nitrogens is 1. The molecular formula is C37H36N2O. The number of rotatable bonds is 9. The molecule has 0 spiro atoms. The summed E-state index contributed by atoms with van der Waals surface area (Å²) in [6.07, 6.45) is 5.94. The molecule has 2 heterocycles. The number of benzene rings is 4. The fourth-order valence-electron chi connectivity index (χ4n) is 5.85. The molecule has 0 fully saturated rings. The molecule has 0 atom stereocenters. The number of aliphatic imine (C=N–C) groups is 1. The minimum atomic E-state index is 0.579. The number of para-hydroxylation sites is 1. The lowest BCUT2D eigenvalue weighted by Gasteiger charge is -2.15. The molecule has 3 nitrogen and oxygen atoms in total. The van der Waals surface area contributed by atoms with E-state index in [0.29, 0.717) is 12.4 Å². The highest BCUT2D eigenvalue weighted by Gasteiger charge is 2.31. The maximum Gasteiger partial charge on any atom is 0.223 e. The molecule has 0 radical (unpaired) electrons. The molecule has 0 aliphatic carbocycles. The van der Waals surface area contributed by atoms with Crippen molar-refractivity contribution in [3.05, 3.63) is 143 Å². The Hall–Kier alpha value is -4.37. The third-order valence-electron chi connectivity index (χ3n) is 7.88.